The van der Waals surface area contributed by atoms with Crippen molar-refractivity contribution in [1.82, 2.24) is 0 Å². The number of anilines is 2. The number of hydrogen-bond donors (Lipinski definition) is 1. The van der Waals surface area contributed by atoms with Crippen LogP contribution in [0.15, 0.2) is 48.5 Å². The molecule has 1 aliphatic rings. The molecule has 1 saturated carbocycles. The minimum atomic E-state index is -0.837. The molecule has 0 aromatic heterocycles. The molecule has 4 nitrogen and oxygen atoms in total. The monoisotopic (exact) mass is 344 g/mol. The van der Waals surface area contributed by atoms with Crippen molar-refractivity contribution in [2.45, 2.75) is 13.3 Å². The fraction of sp³-hybridized carbons (Fsp3) is 0.263. The molecule has 0 aliphatic heterocycles. The third-order valence-corrected chi connectivity index (χ3v) is 4.28. The molecular weight excluding hydrogens is 326 g/mol. The van der Waals surface area contributed by atoms with E-state index in [1.54, 1.807) is 4.90 Å². The van der Waals surface area contributed by atoms with Gasteiger partial charge in [-0.1, -0.05) is 18.2 Å². The number of nitrogens with zero attached hydrogens (tertiary/aromatic N) is 1. The fourth-order valence-electron chi connectivity index (χ4n) is 2.85. The summed E-state index contributed by atoms with van der Waals surface area (Å²) in [5, 5.41) is 2.43. The van der Waals surface area contributed by atoms with Crippen LogP contribution < -0.4 is 10.2 Å². The molecule has 0 saturated heterocycles. The maximum Gasteiger partial charge on any atom is 0.230 e. The number of amides is 2. The van der Waals surface area contributed by atoms with Gasteiger partial charge in [0.1, 0.15) is 11.6 Å². The largest absolute Gasteiger partial charge is 0.323 e. The van der Waals surface area contributed by atoms with Gasteiger partial charge in [-0.25, -0.2) is 8.78 Å². The van der Waals surface area contributed by atoms with Gasteiger partial charge in [0.25, 0.3) is 0 Å². The van der Waals surface area contributed by atoms with Crippen molar-refractivity contribution in [3.05, 3.63) is 60.2 Å². The van der Waals surface area contributed by atoms with Gasteiger partial charge >= 0.3 is 0 Å². The van der Waals surface area contributed by atoms with E-state index in [4.69, 9.17) is 0 Å². The van der Waals surface area contributed by atoms with Gasteiger partial charge in [0, 0.05) is 18.3 Å². The van der Waals surface area contributed by atoms with Gasteiger partial charge in [0.15, 0.2) is 0 Å². The highest BCUT2D eigenvalue weighted by Crippen LogP contribution is 2.41. The summed E-state index contributed by atoms with van der Waals surface area (Å²) in [6, 6.07) is 12.2. The summed E-state index contributed by atoms with van der Waals surface area (Å²) in [7, 11) is 0. The number of halogens is 2. The number of rotatable bonds is 5. The molecule has 2 unspecified atom stereocenters. The third-order valence-electron chi connectivity index (χ3n) is 4.28. The molecule has 6 heteroatoms. The van der Waals surface area contributed by atoms with Crippen LogP contribution >= 0.6 is 0 Å². The van der Waals surface area contributed by atoms with Crippen LogP contribution in [-0.4, -0.2) is 18.4 Å². The van der Waals surface area contributed by atoms with Crippen molar-refractivity contribution in [3.8, 4) is 0 Å². The number of carbonyl (C=O) groups is 2. The summed E-state index contributed by atoms with van der Waals surface area (Å²) < 4.78 is 26.5. The lowest BCUT2D eigenvalue weighted by Gasteiger charge is -2.21. The lowest BCUT2D eigenvalue weighted by atomic mass is 10.2. The van der Waals surface area contributed by atoms with Crippen LogP contribution in [0.1, 0.15) is 13.3 Å². The van der Waals surface area contributed by atoms with E-state index in [1.165, 1.54) is 6.07 Å². The summed E-state index contributed by atoms with van der Waals surface area (Å²) in [5.74, 6) is -2.99. The first-order chi connectivity index (χ1) is 12.0. The van der Waals surface area contributed by atoms with E-state index >= 15 is 0 Å². The normalized spacial score (nSPS) is 18.5. The van der Waals surface area contributed by atoms with E-state index in [0.29, 0.717) is 19.0 Å². The summed E-state index contributed by atoms with van der Waals surface area (Å²) in [5.41, 5.74) is 0.700. The van der Waals surface area contributed by atoms with Crippen molar-refractivity contribution in [2.75, 3.05) is 16.8 Å². The van der Waals surface area contributed by atoms with Crippen LogP contribution in [0.2, 0.25) is 0 Å². The first-order valence-corrected chi connectivity index (χ1v) is 8.13. The minimum absolute atomic E-state index is 0.0834. The Hall–Kier alpha value is -2.76. The second-order valence-electron chi connectivity index (χ2n) is 5.98. The number of carbonyl (C=O) groups excluding carboxylic acids is 2. The third kappa shape index (κ3) is 3.68. The second kappa shape index (κ2) is 7.01. The molecule has 2 aromatic rings. The molecule has 1 N–H and O–H groups in total. The van der Waals surface area contributed by atoms with Gasteiger partial charge in [-0.2, -0.15) is 0 Å². The topological polar surface area (TPSA) is 49.4 Å². The number of nitrogens with one attached hydrogen (secondary N) is 1. The van der Waals surface area contributed by atoms with Crippen LogP contribution in [-0.2, 0) is 9.59 Å². The molecule has 130 valence electrons. The summed E-state index contributed by atoms with van der Waals surface area (Å²) in [6.07, 6.45) is 0.427. The van der Waals surface area contributed by atoms with Crippen LogP contribution in [0, 0.1) is 23.5 Å². The average molecular weight is 344 g/mol. The zero-order valence-electron chi connectivity index (χ0n) is 13.7. The predicted molar refractivity (Wildman–Crippen MR) is 91.1 cm³/mol. The predicted octanol–water partition coefficient (Wildman–Crippen LogP) is 3.59. The van der Waals surface area contributed by atoms with Crippen LogP contribution in [0.5, 0.6) is 0 Å². The Bertz CT molecular complexity index is 795. The van der Waals surface area contributed by atoms with Gasteiger partial charge in [-0.15, -0.1) is 0 Å². The van der Waals surface area contributed by atoms with E-state index in [2.05, 4.69) is 5.32 Å². The van der Waals surface area contributed by atoms with Gasteiger partial charge in [0.05, 0.1) is 17.5 Å². The van der Waals surface area contributed by atoms with E-state index in [1.807, 2.05) is 37.3 Å². The van der Waals surface area contributed by atoms with Crippen molar-refractivity contribution >= 4 is 23.2 Å². The Morgan fingerprint density at radius 1 is 1.12 bits per heavy atom. The van der Waals surface area contributed by atoms with Crippen molar-refractivity contribution in [3.63, 3.8) is 0 Å². The highest BCUT2D eigenvalue weighted by molar-refractivity contribution is 6.04. The van der Waals surface area contributed by atoms with Crippen molar-refractivity contribution < 1.29 is 18.4 Å². The van der Waals surface area contributed by atoms with E-state index < -0.39 is 29.4 Å². The van der Waals surface area contributed by atoms with Crippen LogP contribution in [0.3, 0.4) is 0 Å². The lowest BCUT2D eigenvalue weighted by molar-refractivity contribution is -0.123. The maximum absolute atomic E-state index is 13.6. The zero-order chi connectivity index (χ0) is 18.0. The first-order valence-electron chi connectivity index (χ1n) is 8.13. The Morgan fingerprint density at radius 3 is 2.48 bits per heavy atom. The molecule has 2 amide bonds. The molecule has 1 aliphatic carbocycles. The van der Waals surface area contributed by atoms with Crippen LogP contribution in [0.4, 0.5) is 20.2 Å². The molecule has 0 bridgehead atoms. The van der Waals surface area contributed by atoms with Crippen molar-refractivity contribution in [2.24, 2.45) is 11.8 Å². The minimum Gasteiger partial charge on any atom is -0.323 e. The summed E-state index contributed by atoms with van der Waals surface area (Å²) in [6.45, 7) is 2.37. The van der Waals surface area contributed by atoms with Gasteiger partial charge < -0.3 is 10.2 Å². The Kier molecular flexibility index (Phi) is 4.79. The first kappa shape index (κ1) is 17.1. The number of para-hydroxylation sites is 1. The smallest absolute Gasteiger partial charge is 0.230 e. The SMILES string of the molecule is CCN(C(=O)C1CC1C(=O)Nc1ccc(F)cc1F)c1ccccc1. The quantitative estimate of drug-likeness (QED) is 0.901. The molecular formula is C19H18F2N2O2. The molecule has 2 atom stereocenters. The molecule has 3 rings (SSSR count). The molecule has 25 heavy (non-hydrogen) atoms. The van der Waals surface area contributed by atoms with Gasteiger partial charge in [0.2, 0.25) is 11.8 Å². The number of benzene rings is 2. The van der Waals surface area contributed by atoms with E-state index in [9.17, 15) is 18.4 Å². The molecule has 1 fully saturated rings. The highest BCUT2D eigenvalue weighted by Gasteiger charge is 2.49. The highest BCUT2D eigenvalue weighted by atomic mass is 19.1. The Morgan fingerprint density at radius 2 is 1.84 bits per heavy atom. The summed E-state index contributed by atoms with van der Waals surface area (Å²) in [4.78, 5) is 26.5. The van der Waals surface area contributed by atoms with E-state index in [0.717, 1.165) is 11.8 Å². The maximum atomic E-state index is 13.6. The number of hydrogen-bond acceptors (Lipinski definition) is 2. The Labute approximate surface area is 144 Å². The van der Waals surface area contributed by atoms with Crippen LogP contribution in [0.25, 0.3) is 0 Å². The fourth-order valence-corrected chi connectivity index (χ4v) is 2.85. The van der Waals surface area contributed by atoms with Gasteiger partial charge in [-0.3, -0.25) is 9.59 Å². The van der Waals surface area contributed by atoms with Gasteiger partial charge in [-0.05, 0) is 37.6 Å². The van der Waals surface area contributed by atoms with Crippen molar-refractivity contribution in [1.29, 1.82) is 0 Å². The molecule has 0 radical (unpaired) electrons. The standard InChI is InChI=1S/C19H18F2N2O2/c1-2-23(13-6-4-3-5-7-13)19(25)15-11-14(15)18(24)22-17-9-8-12(20)10-16(17)21/h3-10,14-15H,2,11H2,1H3,(H,22,24). The average Bonchev–Trinajstić information content (AvgIpc) is 3.40. The Balaban J connectivity index is 1.65. The molecule has 0 spiro atoms. The molecule has 0 heterocycles. The zero-order valence-corrected chi connectivity index (χ0v) is 13.7. The lowest BCUT2D eigenvalue weighted by Crippen LogP contribution is -2.33. The van der Waals surface area contributed by atoms with E-state index in [-0.39, 0.29) is 11.6 Å². The molecule has 2 aromatic carbocycles. The summed E-state index contributed by atoms with van der Waals surface area (Å²) >= 11 is 0. The second-order valence-corrected chi connectivity index (χ2v) is 5.98.